The Morgan fingerprint density at radius 3 is 0.950 bits per heavy atom. The molecule has 0 aliphatic carbocycles. The zero-order valence-electron chi connectivity index (χ0n) is 18.2. The van der Waals surface area contributed by atoms with Gasteiger partial charge in [-0.25, -0.2) is 9.59 Å². The lowest BCUT2D eigenvalue weighted by molar-refractivity contribution is -0.398. The van der Waals surface area contributed by atoms with Crippen LogP contribution in [-0.2, 0) is 9.47 Å². The molecule has 0 spiro atoms. The summed E-state index contributed by atoms with van der Waals surface area (Å²) in [6, 6.07) is 1.88. The van der Waals surface area contributed by atoms with Gasteiger partial charge in [-0.2, -0.15) is 79.0 Å². The maximum atomic E-state index is 13.5. The lowest BCUT2D eigenvalue weighted by atomic mass is 10.0. The van der Waals surface area contributed by atoms with E-state index in [9.17, 15) is 88.6 Å². The second-order valence-electron chi connectivity index (χ2n) is 7.40. The fraction of sp³-hybridized carbons (Fsp3) is 0.556. The molecule has 40 heavy (non-hydrogen) atoms. The van der Waals surface area contributed by atoms with E-state index in [4.69, 9.17) is 0 Å². The highest BCUT2D eigenvalue weighted by molar-refractivity contribution is 6.03. The first-order chi connectivity index (χ1) is 17.5. The minimum absolute atomic E-state index is 0.282. The number of rotatable bonds is 10. The lowest BCUT2D eigenvalue weighted by Crippen LogP contribution is -2.62. The molecule has 0 atom stereocenters. The molecule has 22 heteroatoms. The van der Waals surface area contributed by atoms with Crippen molar-refractivity contribution in [2.75, 3.05) is 13.2 Å². The molecular weight excluding hydrogens is 622 g/mol. The van der Waals surface area contributed by atoms with Gasteiger partial charge in [0.15, 0.2) is 13.2 Å². The number of benzene rings is 1. The van der Waals surface area contributed by atoms with Crippen molar-refractivity contribution in [2.45, 2.75) is 47.9 Å². The van der Waals surface area contributed by atoms with Crippen LogP contribution in [0.15, 0.2) is 24.3 Å². The van der Waals surface area contributed by atoms with Crippen molar-refractivity contribution in [3.63, 3.8) is 0 Å². The van der Waals surface area contributed by atoms with E-state index in [2.05, 4.69) is 9.47 Å². The highest BCUT2D eigenvalue weighted by Crippen LogP contribution is 2.54. The first-order valence-corrected chi connectivity index (χ1v) is 9.33. The smallest absolute Gasteiger partial charge is 0.455 e. The van der Waals surface area contributed by atoms with E-state index in [1.165, 1.54) is 0 Å². The fourth-order valence-electron chi connectivity index (χ4n) is 2.30. The third-order valence-corrected chi connectivity index (χ3v) is 4.56. The second kappa shape index (κ2) is 10.4. The summed E-state index contributed by atoms with van der Waals surface area (Å²) < 4.78 is 238. The molecule has 4 nitrogen and oxygen atoms in total. The number of esters is 2. The van der Waals surface area contributed by atoms with Gasteiger partial charge in [-0.3, -0.25) is 0 Å². The topological polar surface area (TPSA) is 52.6 Å². The maximum Gasteiger partial charge on any atom is 0.460 e. The van der Waals surface area contributed by atoms with Crippen LogP contribution >= 0.6 is 0 Å². The summed E-state index contributed by atoms with van der Waals surface area (Å²) in [4.78, 5) is 23.8. The molecule has 0 saturated heterocycles. The molecular formula is C18H8F18O4. The lowest BCUT2D eigenvalue weighted by Gasteiger charge is -2.33. The van der Waals surface area contributed by atoms with Crippen molar-refractivity contribution in [1.29, 1.82) is 0 Å². The van der Waals surface area contributed by atoms with E-state index in [0.717, 1.165) is 0 Å². The van der Waals surface area contributed by atoms with Crippen LogP contribution in [0.3, 0.4) is 0 Å². The van der Waals surface area contributed by atoms with Gasteiger partial charge in [-0.15, -0.1) is 0 Å². The highest BCUT2D eigenvalue weighted by atomic mass is 19.4. The Hall–Kier alpha value is -3.10. The summed E-state index contributed by atoms with van der Waals surface area (Å²) >= 11 is 0. The molecule has 0 N–H and O–H groups in total. The monoisotopic (exact) mass is 630 g/mol. The SMILES string of the molecule is O=C(OCC(F)(F)C(F)(F)C(F)(F)C(F)(F)F)c1ccccc1C(=O)OCC(F)(F)C(F)(F)C(F)(F)C(F)(F)F. The van der Waals surface area contributed by atoms with Crippen LogP contribution in [0.1, 0.15) is 20.7 Å². The number of alkyl halides is 18. The normalized spacial score (nSPS) is 14.7. The quantitative estimate of drug-likeness (QED) is 0.208. The van der Waals surface area contributed by atoms with Gasteiger partial charge in [0.1, 0.15) is 0 Å². The molecule has 0 fully saturated rings. The van der Waals surface area contributed by atoms with Gasteiger partial charge in [-0.05, 0) is 12.1 Å². The number of halogens is 18. The van der Waals surface area contributed by atoms with Crippen LogP contribution in [0.5, 0.6) is 0 Å². The molecule has 0 aromatic heterocycles. The van der Waals surface area contributed by atoms with E-state index in [-0.39, 0.29) is 12.1 Å². The molecule has 230 valence electrons. The Balaban J connectivity index is 3.16. The predicted molar refractivity (Wildman–Crippen MR) is 88.8 cm³/mol. The molecule has 1 aromatic carbocycles. The van der Waals surface area contributed by atoms with Gasteiger partial charge in [0.25, 0.3) is 0 Å². The third-order valence-electron chi connectivity index (χ3n) is 4.56. The van der Waals surface area contributed by atoms with Crippen molar-refractivity contribution in [1.82, 2.24) is 0 Å². The summed E-state index contributed by atoms with van der Waals surface area (Å²) in [7, 11) is 0. The van der Waals surface area contributed by atoms with Gasteiger partial charge in [0, 0.05) is 0 Å². The van der Waals surface area contributed by atoms with E-state index >= 15 is 0 Å². The minimum Gasteiger partial charge on any atom is -0.455 e. The van der Waals surface area contributed by atoms with E-state index in [1.807, 2.05) is 0 Å². The zero-order chi connectivity index (χ0) is 32.0. The minimum atomic E-state index is -7.38. The molecule has 0 amide bonds. The first-order valence-electron chi connectivity index (χ1n) is 9.33. The third kappa shape index (κ3) is 5.98. The Kier molecular flexibility index (Phi) is 9.06. The molecule has 0 saturated carbocycles. The van der Waals surface area contributed by atoms with Crippen molar-refractivity contribution >= 4 is 11.9 Å². The molecule has 0 aliphatic heterocycles. The molecule has 1 aromatic rings. The van der Waals surface area contributed by atoms with Crippen molar-refractivity contribution in [3.8, 4) is 0 Å². The van der Waals surface area contributed by atoms with Gasteiger partial charge >= 0.3 is 59.8 Å². The molecule has 0 radical (unpaired) electrons. The van der Waals surface area contributed by atoms with Gasteiger partial charge in [-0.1, -0.05) is 12.1 Å². The Morgan fingerprint density at radius 1 is 0.475 bits per heavy atom. The number of hydrogen-bond donors (Lipinski definition) is 0. The molecule has 0 bridgehead atoms. The van der Waals surface area contributed by atoms with Crippen LogP contribution in [0.25, 0.3) is 0 Å². The number of carbonyl (C=O) groups excluding carboxylic acids is 2. The van der Waals surface area contributed by atoms with Crippen LogP contribution in [0.2, 0.25) is 0 Å². The second-order valence-corrected chi connectivity index (χ2v) is 7.40. The standard InChI is InChI=1S/C18H8F18O4/c19-11(20,13(23,24)15(27,28)17(31,32)33)5-39-9(37)7-3-1-2-4-8(7)10(38)40-6-12(21,22)14(25,26)16(29,30)18(34,35)36/h1-4H,5-6H2. The Bertz CT molecular complexity index is 1000. The van der Waals surface area contributed by atoms with E-state index in [0.29, 0.717) is 12.1 Å². The molecule has 0 aliphatic rings. The largest absolute Gasteiger partial charge is 0.460 e. The molecule has 0 unspecified atom stereocenters. The predicted octanol–water partition coefficient (Wildman–Crippen LogP) is 6.94. The van der Waals surface area contributed by atoms with Crippen LogP contribution < -0.4 is 0 Å². The van der Waals surface area contributed by atoms with Gasteiger partial charge in [0.2, 0.25) is 0 Å². The van der Waals surface area contributed by atoms with Crippen LogP contribution in [0, 0.1) is 0 Å². The summed E-state index contributed by atoms with van der Waals surface area (Å²) in [5.74, 6) is -47.1. The Labute approximate surface area is 207 Å². The average Bonchev–Trinajstić information content (AvgIpc) is 2.79. The molecule has 1 rings (SSSR count). The first kappa shape index (κ1) is 34.9. The van der Waals surface area contributed by atoms with Crippen LogP contribution in [0.4, 0.5) is 79.0 Å². The number of hydrogen-bond acceptors (Lipinski definition) is 4. The van der Waals surface area contributed by atoms with Gasteiger partial charge < -0.3 is 9.47 Å². The number of carbonyl (C=O) groups is 2. The summed E-state index contributed by atoms with van der Waals surface area (Å²) in [6.07, 6.45) is -14.5. The zero-order valence-corrected chi connectivity index (χ0v) is 18.2. The summed E-state index contributed by atoms with van der Waals surface area (Å²) in [5.41, 5.74) is -3.02. The van der Waals surface area contributed by atoms with Crippen LogP contribution in [-0.4, -0.2) is 73.0 Å². The van der Waals surface area contributed by atoms with E-state index < -0.39 is 84.2 Å². The summed E-state index contributed by atoms with van der Waals surface area (Å²) in [6.45, 7) is -6.46. The maximum absolute atomic E-state index is 13.5. The average molecular weight is 630 g/mol. The Morgan fingerprint density at radius 2 is 0.725 bits per heavy atom. The van der Waals surface area contributed by atoms with Crippen molar-refractivity contribution < 1.29 is 98.1 Å². The van der Waals surface area contributed by atoms with Gasteiger partial charge in [0.05, 0.1) is 11.1 Å². The van der Waals surface area contributed by atoms with Crippen molar-refractivity contribution in [3.05, 3.63) is 35.4 Å². The van der Waals surface area contributed by atoms with Crippen molar-refractivity contribution in [2.24, 2.45) is 0 Å². The summed E-state index contributed by atoms with van der Waals surface area (Å²) in [5, 5.41) is 0. The fourth-order valence-corrected chi connectivity index (χ4v) is 2.30. The van der Waals surface area contributed by atoms with E-state index in [1.54, 1.807) is 0 Å². The number of ether oxygens (including phenoxy) is 2. The highest BCUT2D eigenvalue weighted by Gasteiger charge is 2.83. The molecule has 0 heterocycles.